The van der Waals surface area contributed by atoms with E-state index in [2.05, 4.69) is 4.98 Å². The molecule has 1 aromatic carbocycles. The first kappa shape index (κ1) is 20.6. The lowest BCUT2D eigenvalue weighted by Gasteiger charge is -2.23. The normalized spacial score (nSPS) is 15.9. The number of hydrogen-bond acceptors (Lipinski definition) is 5. The molecule has 26 heavy (non-hydrogen) atoms. The molecule has 142 valence electrons. The van der Waals surface area contributed by atoms with Crippen molar-refractivity contribution in [2.45, 2.75) is 52.7 Å². The van der Waals surface area contributed by atoms with Crippen molar-refractivity contribution in [2.24, 2.45) is 0 Å². The Morgan fingerprint density at radius 1 is 1.23 bits per heavy atom. The number of aliphatic hydroxyl groups excluding tert-OH is 1. The summed E-state index contributed by atoms with van der Waals surface area (Å²) in [5.41, 5.74) is 2.44. The predicted molar refractivity (Wildman–Crippen MR) is 100 cm³/mol. The summed E-state index contributed by atoms with van der Waals surface area (Å²) in [6.07, 6.45) is 1.52. The molecular weight excluding hydrogens is 353 g/mol. The minimum Gasteiger partial charge on any atom is -0.487 e. The molecule has 0 saturated heterocycles. The van der Waals surface area contributed by atoms with Gasteiger partial charge in [-0.3, -0.25) is 9.55 Å². The Morgan fingerprint density at radius 3 is 2.50 bits per heavy atom. The van der Waals surface area contributed by atoms with Gasteiger partial charge >= 0.3 is 7.60 Å². The van der Waals surface area contributed by atoms with E-state index in [0.717, 1.165) is 5.56 Å². The van der Waals surface area contributed by atoms with E-state index in [-0.39, 0.29) is 5.56 Å². The fraction of sp³-hybridized carbons (Fsp3) is 0.421. The number of aryl methyl sites for hydroxylation is 1. The Labute approximate surface area is 154 Å². The maximum absolute atomic E-state index is 12.4. The van der Waals surface area contributed by atoms with Crippen LogP contribution in [-0.4, -0.2) is 21.1 Å². The number of aromatic nitrogens is 1. The molecule has 0 spiro atoms. The number of nitrogens with zero attached hydrogens (tertiary/aromatic N) is 1. The second-order valence-corrected chi connectivity index (χ2v) is 8.12. The van der Waals surface area contributed by atoms with Crippen LogP contribution in [0.5, 0.6) is 5.75 Å². The van der Waals surface area contributed by atoms with E-state index >= 15 is 0 Å². The third-order valence-electron chi connectivity index (χ3n) is 4.22. The zero-order valence-electron chi connectivity index (χ0n) is 15.5. The van der Waals surface area contributed by atoms with E-state index in [9.17, 15) is 14.6 Å². The van der Waals surface area contributed by atoms with Crippen LogP contribution in [0.2, 0.25) is 0 Å². The minimum absolute atomic E-state index is 0.229. The van der Waals surface area contributed by atoms with Crippen LogP contribution in [0, 0.1) is 13.8 Å². The van der Waals surface area contributed by atoms with Gasteiger partial charge in [-0.05, 0) is 32.8 Å². The smallest absolute Gasteiger partial charge is 0.361 e. The van der Waals surface area contributed by atoms with Gasteiger partial charge in [0.05, 0.1) is 11.8 Å². The number of aliphatic hydroxyl groups is 1. The lowest BCUT2D eigenvalue weighted by molar-refractivity contribution is 0.136. The summed E-state index contributed by atoms with van der Waals surface area (Å²) in [4.78, 5) is 14.4. The first-order chi connectivity index (χ1) is 12.3. The van der Waals surface area contributed by atoms with Crippen LogP contribution in [0.25, 0.3) is 0 Å². The van der Waals surface area contributed by atoms with Gasteiger partial charge in [-0.25, -0.2) is 0 Å². The van der Waals surface area contributed by atoms with Gasteiger partial charge in [0.2, 0.25) is 0 Å². The molecule has 0 amide bonds. The average Bonchev–Trinajstić information content (AvgIpc) is 2.61. The van der Waals surface area contributed by atoms with Gasteiger partial charge in [0.1, 0.15) is 12.4 Å². The van der Waals surface area contributed by atoms with Gasteiger partial charge in [0.15, 0.2) is 5.85 Å². The second kappa shape index (κ2) is 8.78. The Hall–Kier alpha value is -1.72. The van der Waals surface area contributed by atoms with Gasteiger partial charge in [0.25, 0.3) is 0 Å². The summed E-state index contributed by atoms with van der Waals surface area (Å²) in [5.74, 6) is -1.18. The molecule has 0 radical (unpaired) electrons. The Morgan fingerprint density at radius 2 is 1.88 bits per heavy atom. The lowest BCUT2D eigenvalue weighted by Crippen LogP contribution is -2.12. The molecule has 3 atom stereocenters. The Kier molecular flexibility index (Phi) is 6.95. The predicted octanol–water partition coefficient (Wildman–Crippen LogP) is 4.27. The molecule has 2 aromatic rings. The molecule has 6 nitrogen and oxygen atoms in total. The molecule has 0 aliphatic rings. The van der Waals surface area contributed by atoms with E-state index in [0.29, 0.717) is 30.0 Å². The van der Waals surface area contributed by atoms with E-state index < -0.39 is 19.5 Å². The molecule has 0 aliphatic heterocycles. The summed E-state index contributed by atoms with van der Waals surface area (Å²) in [6, 6.07) is 9.65. The van der Waals surface area contributed by atoms with Gasteiger partial charge in [-0.15, -0.1) is 0 Å². The highest BCUT2D eigenvalue weighted by molar-refractivity contribution is 7.53. The van der Waals surface area contributed by atoms with Gasteiger partial charge in [-0.2, -0.15) is 0 Å². The SMILES string of the molecule is CCC(C)OP(=O)(O)C(O)c1cnc(C)c(OCc2ccccc2)c1C. The van der Waals surface area contributed by atoms with Crippen molar-refractivity contribution in [1.82, 2.24) is 4.98 Å². The van der Waals surface area contributed by atoms with Gasteiger partial charge in [-0.1, -0.05) is 37.3 Å². The Bertz CT molecular complexity index is 781. The van der Waals surface area contributed by atoms with Crippen LogP contribution >= 0.6 is 7.60 Å². The summed E-state index contributed by atoms with van der Waals surface area (Å²) in [5, 5.41) is 10.4. The topological polar surface area (TPSA) is 88.9 Å². The highest BCUT2D eigenvalue weighted by Gasteiger charge is 2.35. The first-order valence-corrected chi connectivity index (χ1v) is 10.2. The number of ether oxygens (including phenoxy) is 1. The molecule has 7 heteroatoms. The fourth-order valence-electron chi connectivity index (χ4n) is 2.49. The second-order valence-electron chi connectivity index (χ2n) is 6.29. The maximum Gasteiger partial charge on any atom is 0.361 e. The molecule has 0 saturated carbocycles. The van der Waals surface area contributed by atoms with Gasteiger partial charge < -0.3 is 19.3 Å². The molecule has 1 aromatic heterocycles. The molecule has 2 N–H and O–H groups in total. The fourth-order valence-corrected chi connectivity index (χ4v) is 3.88. The molecule has 3 unspecified atom stereocenters. The highest BCUT2D eigenvalue weighted by Crippen LogP contribution is 2.57. The lowest BCUT2D eigenvalue weighted by atomic mass is 10.1. The van der Waals surface area contributed by atoms with Crippen LogP contribution in [0.3, 0.4) is 0 Å². The number of hydrogen-bond donors (Lipinski definition) is 2. The standard InChI is InChI=1S/C19H26NO5P/c1-5-13(2)25-26(22,23)19(21)17-11-20-15(4)18(14(17)3)24-12-16-9-7-6-8-10-16/h6-11,13,19,21H,5,12H2,1-4H3,(H,22,23). The third-order valence-corrected chi connectivity index (χ3v) is 5.78. The maximum atomic E-state index is 12.4. The highest BCUT2D eigenvalue weighted by atomic mass is 31.2. The van der Waals surface area contributed by atoms with Crippen LogP contribution < -0.4 is 4.74 Å². The largest absolute Gasteiger partial charge is 0.487 e. The summed E-state index contributed by atoms with van der Waals surface area (Å²) < 4.78 is 23.4. The van der Waals surface area contributed by atoms with Crippen molar-refractivity contribution < 1.29 is 23.8 Å². The zero-order valence-corrected chi connectivity index (χ0v) is 16.4. The average molecular weight is 379 g/mol. The summed E-state index contributed by atoms with van der Waals surface area (Å²) >= 11 is 0. The number of pyridine rings is 1. The van der Waals surface area contributed by atoms with Crippen molar-refractivity contribution in [2.75, 3.05) is 0 Å². The molecule has 2 rings (SSSR count). The zero-order chi connectivity index (χ0) is 19.3. The molecule has 1 heterocycles. The van der Waals surface area contributed by atoms with Crippen molar-refractivity contribution in [3.8, 4) is 5.75 Å². The summed E-state index contributed by atoms with van der Waals surface area (Å²) in [7, 11) is -4.26. The monoisotopic (exact) mass is 379 g/mol. The molecule has 0 bridgehead atoms. The number of rotatable bonds is 8. The molecule has 0 fully saturated rings. The first-order valence-electron chi connectivity index (χ1n) is 8.58. The van der Waals surface area contributed by atoms with Crippen molar-refractivity contribution in [1.29, 1.82) is 0 Å². The van der Waals surface area contributed by atoms with E-state index in [1.165, 1.54) is 6.20 Å². The Balaban J connectivity index is 2.26. The van der Waals surface area contributed by atoms with Crippen LogP contribution in [-0.2, 0) is 15.7 Å². The van der Waals surface area contributed by atoms with Crippen molar-refractivity contribution in [3.05, 3.63) is 58.9 Å². The quantitative estimate of drug-likeness (QED) is 0.666. The van der Waals surface area contributed by atoms with Crippen molar-refractivity contribution in [3.63, 3.8) is 0 Å². The third kappa shape index (κ3) is 4.92. The van der Waals surface area contributed by atoms with Gasteiger partial charge in [0, 0.05) is 17.3 Å². The summed E-state index contributed by atoms with van der Waals surface area (Å²) in [6.45, 7) is 7.38. The van der Waals surface area contributed by atoms with E-state index in [1.807, 2.05) is 37.3 Å². The van der Waals surface area contributed by atoms with E-state index in [4.69, 9.17) is 9.26 Å². The molecular formula is C19H26NO5P. The van der Waals surface area contributed by atoms with Crippen LogP contribution in [0.4, 0.5) is 0 Å². The minimum atomic E-state index is -4.26. The number of benzene rings is 1. The van der Waals surface area contributed by atoms with Crippen LogP contribution in [0.15, 0.2) is 36.5 Å². The van der Waals surface area contributed by atoms with Crippen LogP contribution in [0.1, 0.15) is 48.5 Å². The van der Waals surface area contributed by atoms with E-state index in [1.54, 1.807) is 20.8 Å². The molecule has 0 aliphatic carbocycles. The van der Waals surface area contributed by atoms with Crippen molar-refractivity contribution >= 4 is 7.60 Å².